The van der Waals surface area contributed by atoms with Gasteiger partial charge < -0.3 is 4.90 Å². The molecule has 2 aliphatic rings. The monoisotopic (exact) mass is 417 g/mol. The molecular formula is C23H23N5O3. The summed E-state index contributed by atoms with van der Waals surface area (Å²) in [6.45, 7) is 1.78. The molecule has 1 aromatic heterocycles. The van der Waals surface area contributed by atoms with E-state index < -0.39 is 4.92 Å². The van der Waals surface area contributed by atoms with Gasteiger partial charge in [-0.3, -0.25) is 14.9 Å². The Labute approximate surface area is 179 Å². The van der Waals surface area contributed by atoms with Crippen LogP contribution in [0.15, 0.2) is 48.5 Å². The standard InChI is InChI=1S/C23H23N5O3/c1-15-22(24-25-27(15)18-8-5-9-19(14-18)28(30)31)23(29)26(17-12-13-17)21-11-4-7-16-6-2-3-10-20(16)21/h2-3,5-6,8-10,14,17,21H,4,7,11-13H2,1H3. The number of fused-ring (bicyclic) bond motifs is 1. The van der Waals surface area contributed by atoms with E-state index in [0.717, 1.165) is 32.1 Å². The predicted octanol–water partition coefficient (Wildman–Crippen LogP) is 4.17. The molecule has 0 radical (unpaired) electrons. The Balaban J connectivity index is 1.50. The maximum atomic E-state index is 13.7. The highest BCUT2D eigenvalue weighted by Crippen LogP contribution is 2.41. The van der Waals surface area contributed by atoms with E-state index in [9.17, 15) is 14.9 Å². The summed E-state index contributed by atoms with van der Waals surface area (Å²) in [6.07, 6.45) is 5.04. The van der Waals surface area contributed by atoms with Crippen LogP contribution in [0.1, 0.15) is 59.0 Å². The molecule has 0 spiro atoms. The molecule has 31 heavy (non-hydrogen) atoms. The van der Waals surface area contributed by atoms with Crippen LogP contribution in [0.2, 0.25) is 0 Å². The molecule has 2 aliphatic carbocycles. The van der Waals surface area contributed by atoms with Gasteiger partial charge in [0.1, 0.15) is 0 Å². The van der Waals surface area contributed by atoms with Crippen molar-refractivity contribution >= 4 is 11.6 Å². The first kappa shape index (κ1) is 19.4. The molecule has 2 aromatic carbocycles. The van der Waals surface area contributed by atoms with Crippen molar-refractivity contribution in [2.45, 2.75) is 51.1 Å². The number of carbonyl (C=O) groups is 1. The highest BCUT2D eigenvalue weighted by molar-refractivity contribution is 5.94. The Kier molecular flexibility index (Phi) is 4.77. The van der Waals surface area contributed by atoms with Crippen LogP contribution in [0.5, 0.6) is 0 Å². The lowest BCUT2D eigenvalue weighted by Crippen LogP contribution is -2.39. The molecule has 1 atom stereocenters. The fraction of sp³-hybridized carbons (Fsp3) is 0.348. The Hall–Kier alpha value is -3.55. The van der Waals surface area contributed by atoms with Crippen molar-refractivity contribution in [2.75, 3.05) is 0 Å². The van der Waals surface area contributed by atoms with Crippen molar-refractivity contribution in [3.05, 3.63) is 81.2 Å². The molecule has 1 fully saturated rings. The number of benzene rings is 2. The molecule has 8 nitrogen and oxygen atoms in total. The Morgan fingerprint density at radius 3 is 2.74 bits per heavy atom. The van der Waals surface area contributed by atoms with Crippen LogP contribution in [-0.2, 0) is 6.42 Å². The first-order valence-corrected chi connectivity index (χ1v) is 10.6. The molecule has 5 rings (SSSR count). The first-order chi connectivity index (χ1) is 15.0. The number of nitro benzene ring substituents is 1. The first-order valence-electron chi connectivity index (χ1n) is 10.6. The lowest BCUT2D eigenvalue weighted by Gasteiger charge is -2.36. The number of rotatable bonds is 5. The van der Waals surface area contributed by atoms with Crippen LogP contribution >= 0.6 is 0 Å². The summed E-state index contributed by atoms with van der Waals surface area (Å²) in [4.78, 5) is 26.4. The van der Waals surface area contributed by atoms with Gasteiger partial charge in [-0.1, -0.05) is 35.5 Å². The van der Waals surface area contributed by atoms with E-state index in [1.54, 1.807) is 19.1 Å². The summed E-state index contributed by atoms with van der Waals surface area (Å²) in [5.41, 5.74) is 3.92. The maximum absolute atomic E-state index is 13.7. The van der Waals surface area contributed by atoms with Crippen LogP contribution in [0.25, 0.3) is 5.69 Å². The number of aromatic nitrogens is 3. The van der Waals surface area contributed by atoms with Gasteiger partial charge >= 0.3 is 0 Å². The lowest BCUT2D eigenvalue weighted by atomic mass is 9.86. The van der Waals surface area contributed by atoms with Gasteiger partial charge in [-0.15, -0.1) is 5.10 Å². The second-order valence-corrected chi connectivity index (χ2v) is 8.26. The molecule has 1 saturated carbocycles. The third kappa shape index (κ3) is 3.48. The minimum Gasteiger partial charge on any atom is -0.327 e. The Morgan fingerprint density at radius 1 is 1.16 bits per heavy atom. The lowest BCUT2D eigenvalue weighted by molar-refractivity contribution is -0.384. The number of nitrogens with zero attached hydrogens (tertiary/aromatic N) is 5. The quantitative estimate of drug-likeness (QED) is 0.459. The van der Waals surface area contributed by atoms with Gasteiger partial charge in [0.2, 0.25) is 0 Å². The van der Waals surface area contributed by atoms with Gasteiger partial charge in [-0.2, -0.15) is 0 Å². The number of hydrogen-bond acceptors (Lipinski definition) is 5. The van der Waals surface area contributed by atoms with Crippen molar-refractivity contribution in [3.8, 4) is 5.69 Å². The molecule has 0 N–H and O–H groups in total. The third-order valence-electron chi connectivity index (χ3n) is 6.23. The second kappa shape index (κ2) is 7.61. The SMILES string of the molecule is Cc1c(C(=O)N(C2CC2)C2CCCc3ccccc32)nnn1-c1cccc([N+](=O)[O-])c1. The highest BCUT2D eigenvalue weighted by Gasteiger charge is 2.41. The molecule has 0 aliphatic heterocycles. The summed E-state index contributed by atoms with van der Waals surface area (Å²) in [5, 5.41) is 19.5. The average Bonchev–Trinajstić information content (AvgIpc) is 3.54. The van der Waals surface area contributed by atoms with Gasteiger partial charge in [-0.25, -0.2) is 4.68 Å². The van der Waals surface area contributed by atoms with E-state index in [4.69, 9.17) is 0 Å². The van der Waals surface area contributed by atoms with Crippen LogP contribution in [0.3, 0.4) is 0 Å². The van der Waals surface area contributed by atoms with Crippen LogP contribution in [-0.4, -0.2) is 36.8 Å². The number of hydrogen-bond donors (Lipinski definition) is 0. The summed E-state index contributed by atoms with van der Waals surface area (Å²) >= 11 is 0. The molecule has 0 bridgehead atoms. The summed E-state index contributed by atoms with van der Waals surface area (Å²) in [5.74, 6) is -0.113. The molecule has 0 saturated heterocycles. The Bertz CT molecular complexity index is 1170. The van der Waals surface area contributed by atoms with Crippen molar-refractivity contribution in [1.29, 1.82) is 0 Å². The zero-order valence-electron chi connectivity index (χ0n) is 17.3. The van der Waals surface area contributed by atoms with E-state index in [2.05, 4.69) is 28.5 Å². The zero-order chi connectivity index (χ0) is 21.5. The normalized spacial score (nSPS) is 17.8. The molecule has 1 unspecified atom stereocenters. The predicted molar refractivity (Wildman–Crippen MR) is 114 cm³/mol. The number of carbonyl (C=O) groups excluding carboxylic acids is 1. The zero-order valence-corrected chi connectivity index (χ0v) is 17.3. The van der Waals surface area contributed by atoms with Crippen LogP contribution in [0.4, 0.5) is 5.69 Å². The second-order valence-electron chi connectivity index (χ2n) is 8.26. The number of nitro groups is 1. The minimum atomic E-state index is -0.447. The van der Waals surface area contributed by atoms with E-state index in [0.29, 0.717) is 17.1 Å². The fourth-order valence-electron chi connectivity index (χ4n) is 4.56. The number of non-ortho nitro benzene ring substituents is 1. The number of aryl methyl sites for hydroxylation is 1. The van der Waals surface area contributed by atoms with Crippen molar-refractivity contribution < 1.29 is 9.72 Å². The van der Waals surface area contributed by atoms with E-state index in [1.807, 2.05) is 11.0 Å². The van der Waals surface area contributed by atoms with Gasteiger partial charge in [0.15, 0.2) is 5.69 Å². The highest BCUT2D eigenvalue weighted by atomic mass is 16.6. The molecule has 1 amide bonds. The van der Waals surface area contributed by atoms with Crippen molar-refractivity contribution in [2.24, 2.45) is 0 Å². The smallest absolute Gasteiger partial charge is 0.277 e. The van der Waals surface area contributed by atoms with E-state index in [1.165, 1.54) is 27.9 Å². The summed E-state index contributed by atoms with van der Waals surface area (Å²) in [7, 11) is 0. The van der Waals surface area contributed by atoms with Gasteiger partial charge in [0.05, 0.1) is 22.3 Å². The van der Waals surface area contributed by atoms with Crippen molar-refractivity contribution in [1.82, 2.24) is 19.9 Å². The third-order valence-corrected chi connectivity index (χ3v) is 6.23. The maximum Gasteiger partial charge on any atom is 0.277 e. The molecule has 158 valence electrons. The van der Waals surface area contributed by atoms with E-state index in [-0.39, 0.29) is 23.7 Å². The fourth-order valence-corrected chi connectivity index (χ4v) is 4.56. The van der Waals surface area contributed by atoms with Crippen LogP contribution in [0, 0.1) is 17.0 Å². The molecule has 1 heterocycles. The molecule has 8 heteroatoms. The number of amides is 1. The summed E-state index contributed by atoms with van der Waals surface area (Å²) in [6, 6.07) is 14.8. The Morgan fingerprint density at radius 2 is 1.97 bits per heavy atom. The largest absolute Gasteiger partial charge is 0.327 e. The van der Waals surface area contributed by atoms with Crippen LogP contribution < -0.4 is 0 Å². The van der Waals surface area contributed by atoms with Gasteiger partial charge in [0.25, 0.3) is 11.6 Å². The topological polar surface area (TPSA) is 94.2 Å². The molecular weight excluding hydrogens is 394 g/mol. The van der Waals surface area contributed by atoms with E-state index >= 15 is 0 Å². The average molecular weight is 417 g/mol. The van der Waals surface area contributed by atoms with Gasteiger partial charge in [-0.05, 0) is 56.2 Å². The summed E-state index contributed by atoms with van der Waals surface area (Å²) < 4.78 is 1.50. The minimum absolute atomic E-state index is 0.0290. The van der Waals surface area contributed by atoms with Crippen molar-refractivity contribution in [3.63, 3.8) is 0 Å². The van der Waals surface area contributed by atoms with Gasteiger partial charge in [0, 0.05) is 18.2 Å². The molecule has 3 aromatic rings.